The van der Waals surface area contributed by atoms with Crippen LogP contribution in [0.15, 0.2) is 24.3 Å². The van der Waals surface area contributed by atoms with E-state index >= 15 is 0 Å². The molecule has 6 heteroatoms. The van der Waals surface area contributed by atoms with Gasteiger partial charge in [-0.1, -0.05) is 12.1 Å². The van der Waals surface area contributed by atoms with Gasteiger partial charge in [0.1, 0.15) is 0 Å². The molecule has 0 saturated carbocycles. The predicted molar refractivity (Wildman–Crippen MR) is 78.4 cm³/mol. The summed E-state index contributed by atoms with van der Waals surface area (Å²) < 4.78 is 4.98. The lowest BCUT2D eigenvalue weighted by molar-refractivity contribution is -0.117. The van der Waals surface area contributed by atoms with E-state index in [2.05, 4.69) is 5.32 Å². The number of aliphatic hydroxyl groups is 1. The first kappa shape index (κ1) is 16.6. The summed E-state index contributed by atoms with van der Waals surface area (Å²) in [7, 11) is 1.61. The van der Waals surface area contributed by atoms with Crippen LogP contribution in [-0.4, -0.2) is 55.9 Å². The van der Waals surface area contributed by atoms with Gasteiger partial charge < -0.3 is 20.9 Å². The van der Waals surface area contributed by atoms with Crippen molar-refractivity contribution in [2.45, 2.75) is 6.54 Å². The highest BCUT2D eigenvalue weighted by Crippen LogP contribution is 2.10. The Hall–Kier alpha value is -1.47. The molecule has 0 aliphatic rings. The lowest BCUT2D eigenvalue weighted by atomic mass is 10.2. The molecule has 0 unspecified atom stereocenters. The molecule has 0 saturated heterocycles. The summed E-state index contributed by atoms with van der Waals surface area (Å²) in [6.07, 6.45) is 0. The van der Waals surface area contributed by atoms with Crippen LogP contribution in [0.25, 0.3) is 0 Å². The van der Waals surface area contributed by atoms with Crippen molar-refractivity contribution in [1.82, 2.24) is 4.90 Å². The number of anilines is 1. The van der Waals surface area contributed by atoms with Gasteiger partial charge in [0.2, 0.25) is 5.91 Å². The fourth-order valence-electron chi connectivity index (χ4n) is 1.81. The highest BCUT2D eigenvalue weighted by atomic mass is 16.5. The largest absolute Gasteiger partial charge is 0.395 e. The molecule has 0 fully saturated rings. The topological polar surface area (TPSA) is 87.8 Å². The Morgan fingerprint density at radius 3 is 2.90 bits per heavy atom. The maximum Gasteiger partial charge on any atom is 0.238 e. The first-order valence-electron chi connectivity index (χ1n) is 6.60. The second-order valence-electron chi connectivity index (χ2n) is 4.45. The molecule has 0 aromatic heterocycles. The summed E-state index contributed by atoms with van der Waals surface area (Å²) in [5, 5.41) is 11.8. The zero-order valence-corrected chi connectivity index (χ0v) is 11.8. The number of methoxy groups -OCH3 is 1. The minimum atomic E-state index is -0.122. The number of carbonyl (C=O) groups excluding carboxylic acids is 1. The van der Waals surface area contributed by atoms with Gasteiger partial charge >= 0.3 is 0 Å². The van der Waals surface area contributed by atoms with E-state index in [0.717, 1.165) is 11.3 Å². The van der Waals surface area contributed by atoms with Crippen molar-refractivity contribution in [2.24, 2.45) is 5.73 Å². The van der Waals surface area contributed by atoms with Crippen molar-refractivity contribution in [3.63, 3.8) is 0 Å². The first-order chi connectivity index (χ1) is 9.69. The molecule has 0 radical (unpaired) electrons. The fraction of sp³-hybridized carbons (Fsp3) is 0.500. The van der Waals surface area contributed by atoms with Gasteiger partial charge in [0.15, 0.2) is 0 Å². The molecule has 1 rings (SSSR count). The molecular weight excluding hydrogens is 258 g/mol. The molecule has 4 N–H and O–H groups in total. The summed E-state index contributed by atoms with van der Waals surface area (Å²) in [5.41, 5.74) is 7.26. The van der Waals surface area contributed by atoms with E-state index in [0.29, 0.717) is 26.2 Å². The summed E-state index contributed by atoms with van der Waals surface area (Å²) in [6, 6.07) is 7.44. The van der Waals surface area contributed by atoms with Gasteiger partial charge in [0, 0.05) is 32.4 Å². The number of carbonyl (C=O) groups is 1. The van der Waals surface area contributed by atoms with E-state index in [4.69, 9.17) is 15.6 Å². The standard InChI is InChI=1S/C14H23N3O3/c1-20-8-6-17(5-7-18)11-14(19)16-13-4-2-3-12(9-13)10-15/h2-4,9,18H,5-8,10-11,15H2,1H3,(H,16,19). The molecule has 1 aromatic carbocycles. The summed E-state index contributed by atoms with van der Waals surface area (Å²) in [4.78, 5) is 13.8. The van der Waals surface area contributed by atoms with Crippen LogP contribution >= 0.6 is 0 Å². The molecule has 0 aliphatic carbocycles. The van der Waals surface area contributed by atoms with E-state index in [1.54, 1.807) is 7.11 Å². The lowest BCUT2D eigenvalue weighted by Crippen LogP contribution is -2.37. The third kappa shape index (κ3) is 6.12. The highest BCUT2D eigenvalue weighted by Gasteiger charge is 2.10. The van der Waals surface area contributed by atoms with E-state index in [9.17, 15) is 4.79 Å². The molecule has 0 heterocycles. The molecular formula is C14H23N3O3. The van der Waals surface area contributed by atoms with Crippen LogP contribution < -0.4 is 11.1 Å². The minimum Gasteiger partial charge on any atom is -0.395 e. The maximum atomic E-state index is 12.0. The molecule has 20 heavy (non-hydrogen) atoms. The van der Waals surface area contributed by atoms with Gasteiger partial charge in [0.25, 0.3) is 0 Å². The van der Waals surface area contributed by atoms with E-state index in [1.807, 2.05) is 29.2 Å². The summed E-state index contributed by atoms with van der Waals surface area (Å²) >= 11 is 0. The number of aliphatic hydroxyl groups excluding tert-OH is 1. The van der Waals surface area contributed by atoms with Crippen molar-refractivity contribution in [3.8, 4) is 0 Å². The number of rotatable bonds is 9. The van der Waals surface area contributed by atoms with E-state index in [-0.39, 0.29) is 19.1 Å². The molecule has 0 atom stereocenters. The number of nitrogens with zero attached hydrogens (tertiary/aromatic N) is 1. The van der Waals surface area contributed by atoms with Crippen LogP contribution in [0.3, 0.4) is 0 Å². The van der Waals surface area contributed by atoms with Gasteiger partial charge in [-0.2, -0.15) is 0 Å². The van der Waals surface area contributed by atoms with Crippen LogP contribution in [0.4, 0.5) is 5.69 Å². The summed E-state index contributed by atoms with van der Waals surface area (Å²) in [6.45, 7) is 2.24. The van der Waals surface area contributed by atoms with E-state index < -0.39 is 0 Å². The minimum absolute atomic E-state index is 0.0135. The van der Waals surface area contributed by atoms with Crippen molar-refractivity contribution >= 4 is 11.6 Å². The Morgan fingerprint density at radius 1 is 1.45 bits per heavy atom. The van der Waals surface area contributed by atoms with Gasteiger partial charge in [-0.15, -0.1) is 0 Å². The monoisotopic (exact) mass is 281 g/mol. The lowest BCUT2D eigenvalue weighted by Gasteiger charge is -2.20. The Bertz CT molecular complexity index is 412. The van der Waals surface area contributed by atoms with Crippen molar-refractivity contribution < 1.29 is 14.6 Å². The van der Waals surface area contributed by atoms with Crippen LogP contribution in [0.5, 0.6) is 0 Å². The molecule has 0 spiro atoms. The number of nitrogens with one attached hydrogen (secondary N) is 1. The van der Waals surface area contributed by atoms with Gasteiger partial charge in [-0.25, -0.2) is 0 Å². The predicted octanol–water partition coefficient (Wildman–Crippen LogP) is 0.0245. The zero-order valence-electron chi connectivity index (χ0n) is 11.8. The molecule has 1 amide bonds. The second-order valence-corrected chi connectivity index (χ2v) is 4.45. The quantitative estimate of drug-likeness (QED) is 0.594. The molecule has 0 bridgehead atoms. The van der Waals surface area contributed by atoms with Crippen molar-refractivity contribution in [2.75, 3.05) is 45.3 Å². The Labute approximate surface area is 119 Å². The maximum absolute atomic E-state index is 12.0. The number of hydrogen-bond donors (Lipinski definition) is 3. The third-order valence-electron chi connectivity index (χ3n) is 2.84. The fourth-order valence-corrected chi connectivity index (χ4v) is 1.81. The van der Waals surface area contributed by atoms with Crippen molar-refractivity contribution in [1.29, 1.82) is 0 Å². The van der Waals surface area contributed by atoms with E-state index in [1.165, 1.54) is 0 Å². The highest BCUT2D eigenvalue weighted by molar-refractivity contribution is 5.92. The van der Waals surface area contributed by atoms with Crippen LogP contribution in [-0.2, 0) is 16.1 Å². The number of amides is 1. The van der Waals surface area contributed by atoms with Crippen molar-refractivity contribution in [3.05, 3.63) is 29.8 Å². The number of ether oxygens (including phenoxy) is 1. The summed E-state index contributed by atoms with van der Waals surface area (Å²) in [5.74, 6) is -0.122. The van der Waals surface area contributed by atoms with Crippen LogP contribution in [0.2, 0.25) is 0 Å². The van der Waals surface area contributed by atoms with Crippen LogP contribution in [0, 0.1) is 0 Å². The molecule has 112 valence electrons. The zero-order chi connectivity index (χ0) is 14.8. The van der Waals surface area contributed by atoms with Gasteiger partial charge in [-0.3, -0.25) is 9.69 Å². The average Bonchev–Trinajstić information content (AvgIpc) is 2.45. The molecule has 6 nitrogen and oxygen atoms in total. The average molecular weight is 281 g/mol. The number of hydrogen-bond acceptors (Lipinski definition) is 5. The first-order valence-corrected chi connectivity index (χ1v) is 6.60. The van der Waals surface area contributed by atoms with Crippen LogP contribution in [0.1, 0.15) is 5.56 Å². The number of nitrogens with two attached hydrogens (primary N) is 1. The SMILES string of the molecule is COCCN(CCO)CC(=O)Nc1cccc(CN)c1. The third-order valence-corrected chi connectivity index (χ3v) is 2.84. The molecule has 0 aliphatic heterocycles. The molecule has 1 aromatic rings. The number of benzene rings is 1. The Morgan fingerprint density at radius 2 is 2.25 bits per heavy atom. The smallest absolute Gasteiger partial charge is 0.238 e. The second kappa shape index (κ2) is 9.44. The normalized spacial score (nSPS) is 10.8. The van der Waals surface area contributed by atoms with Gasteiger partial charge in [-0.05, 0) is 17.7 Å². The van der Waals surface area contributed by atoms with Gasteiger partial charge in [0.05, 0.1) is 19.8 Å². The Balaban J connectivity index is 2.51. The Kier molecular flexibility index (Phi) is 7.82.